The lowest BCUT2D eigenvalue weighted by Gasteiger charge is -2.14. The molecule has 0 saturated carbocycles. The summed E-state index contributed by atoms with van der Waals surface area (Å²) in [7, 11) is 0. The number of nitrogens with zero attached hydrogens (tertiary/aromatic N) is 3. The Balaban J connectivity index is 1.84. The van der Waals surface area contributed by atoms with Gasteiger partial charge in [0.25, 0.3) is 0 Å². The molecule has 0 bridgehead atoms. The number of hydrogen-bond acceptors (Lipinski definition) is 6. The molecule has 1 N–H and O–H groups in total. The van der Waals surface area contributed by atoms with Gasteiger partial charge in [0.05, 0.1) is 12.7 Å². The van der Waals surface area contributed by atoms with Gasteiger partial charge in [0, 0.05) is 11.6 Å². The quantitative estimate of drug-likeness (QED) is 0.905. The van der Waals surface area contributed by atoms with Gasteiger partial charge in [-0.2, -0.15) is 0 Å². The molecule has 0 radical (unpaired) electrons. The van der Waals surface area contributed by atoms with Crippen LogP contribution in [0.25, 0.3) is 0 Å². The Hall–Kier alpha value is -2.11. The van der Waals surface area contributed by atoms with Crippen LogP contribution in [0.2, 0.25) is 0 Å². The molecule has 2 heterocycles. The Morgan fingerprint density at radius 2 is 2.15 bits per heavy atom. The standard InChI is InChI=1S/C14H20N4O2/c1-10(19-11-6-5-7-15-9-11)8-16-13-18-17-12(20-13)14(2,3)4/h5-7,9-10H,8H2,1-4H3,(H,16,18). The molecule has 2 aromatic heterocycles. The first-order valence-electron chi connectivity index (χ1n) is 6.59. The van der Waals surface area contributed by atoms with Crippen molar-refractivity contribution in [3.8, 4) is 5.75 Å². The molecule has 0 saturated heterocycles. The summed E-state index contributed by atoms with van der Waals surface area (Å²) in [5, 5.41) is 11.1. The lowest BCUT2D eigenvalue weighted by atomic mass is 9.97. The van der Waals surface area contributed by atoms with Crippen molar-refractivity contribution in [3.05, 3.63) is 30.4 Å². The molecule has 0 aliphatic carbocycles. The minimum absolute atomic E-state index is 0.0378. The highest BCUT2D eigenvalue weighted by atomic mass is 16.5. The summed E-state index contributed by atoms with van der Waals surface area (Å²) < 4.78 is 11.2. The summed E-state index contributed by atoms with van der Waals surface area (Å²) in [5.74, 6) is 1.35. The first-order valence-corrected chi connectivity index (χ1v) is 6.59. The third-order valence-electron chi connectivity index (χ3n) is 2.58. The third-order valence-corrected chi connectivity index (χ3v) is 2.58. The molecule has 1 atom stereocenters. The largest absolute Gasteiger partial charge is 0.487 e. The summed E-state index contributed by atoms with van der Waals surface area (Å²) in [6, 6.07) is 4.12. The summed E-state index contributed by atoms with van der Waals surface area (Å²) in [6.07, 6.45) is 3.35. The van der Waals surface area contributed by atoms with Gasteiger partial charge < -0.3 is 14.5 Å². The second kappa shape index (κ2) is 5.90. The van der Waals surface area contributed by atoms with Gasteiger partial charge in [-0.05, 0) is 19.1 Å². The summed E-state index contributed by atoms with van der Waals surface area (Å²) in [6.45, 7) is 8.61. The van der Waals surface area contributed by atoms with E-state index in [1.807, 2.05) is 39.8 Å². The molecule has 0 spiro atoms. The monoisotopic (exact) mass is 276 g/mol. The number of ether oxygens (including phenoxy) is 1. The second-order valence-electron chi connectivity index (χ2n) is 5.66. The highest BCUT2D eigenvalue weighted by Gasteiger charge is 2.21. The van der Waals surface area contributed by atoms with E-state index in [0.29, 0.717) is 18.5 Å². The minimum atomic E-state index is -0.148. The van der Waals surface area contributed by atoms with Gasteiger partial charge in [0.1, 0.15) is 11.9 Å². The Bertz CT molecular complexity index is 534. The maximum atomic E-state index is 5.70. The van der Waals surface area contributed by atoms with Crippen LogP contribution in [0, 0.1) is 0 Å². The fourth-order valence-electron chi connectivity index (χ4n) is 1.52. The van der Waals surface area contributed by atoms with E-state index in [1.54, 1.807) is 12.4 Å². The van der Waals surface area contributed by atoms with Crippen LogP contribution in [0.4, 0.5) is 6.01 Å². The molecule has 6 heteroatoms. The lowest BCUT2D eigenvalue weighted by Crippen LogP contribution is -2.22. The van der Waals surface area contributed by atoms with Gasteiger partial charge in [0.2, 0.25) is 5.89 Å². The van der Waals surface area contributed by atoms with Crippen LogP contribution in [0.15, 0.2) is 28.9 Å². The van der Waals surface area contributed by atoms with Gasteiger partial charge in [-0.15, -0.1) is 5.10 Å². The normalized spacial score (nSPS) is 13.0. The Morgan fingerprint density at radius 1 is 1.35 bits per heavy atom. The van der Waals surface area contributed by atoms with Crippen molar-refractivity contribution in [1.82, 2.24) is 15.2 Å². The molecule has 0 aliphatic rings. The molecule has 20 heavy (non-hydrogen) atoms. The summed E-state index contributed by atoms with van der Waals surface area (Å²) >= 11 is 0. The predicted molar refractivity (Wildman–Crippen MR) is 75.8 cm³/mol. The number of aromatic nitrogens is 3. The number of hydrogen-bond donors (Lipinski definition) is 1. The molecule has 1 unspecified atom stereocenters. The molecule has 2 rings (SSSR count). The molecular formula is C14H20N4O2. The van der Waals surface area contributed by atoms with Crippen LogP contribution in [-0.2, 0) is 5.41 Å². The van der Waals surface area contributed by atoms with Crippen LogP contribution in [0.5, 0.6) is 5.75 Å². The van der Waals surface area contributed by atoms with Crippen molar-refractivity contribution < 1.29 is 9.15 Å². The number of anilines is 1. The van der Waals surface area contributed by atoms with E-state index in [2.05, 4.69) is 20.5 Å². The Morgan fingerprint density at radius 3 is 2.75 bits per heavy atom. The molecule has 0 fully saturated rings. The molecular weight excluding hydrogens is 256 g/mol. The van der Waals surface area contributed by atoms with Crippen molar-refractivity contribution in [1.29, 1.82) is 0 Å². The van der Waals surface area contributed by atoms with Crippen LogP contribution in [0.1, 0.15) is 33.6 Å². The van der Waals surface area contributed by atoms with E-state index < -0.39 is 0 Å². The van der Waals surface area contributed by atoms with Gasteiger partial charge in [0.15, 0.2) is 0 Å². The van der Waals surface area contributed by atoms with Gasteiger partial charge in [-0.1, -0.05) is 25.9 Å². The van der Waals surface area contributed by atoms with E-state index in [-0.39, 0.29) is 11.5 Å². The highest BCUT2D eigenvalue weighted by molar-refractivity contribution is 5.20. The first kappa shape index (κ1) is 14.3. The van der Waals surface area contributed by atoms with Crippen LogP contribution >= 0.6 is 0 Å². The van der Waals surface area contributed by atoms with Crippen molar-refractivity contribution in [2.24, 2.45) is 0 Å². The fraction of sp³-hybridized carbons (Fsp3) is 0.500. The molecule has 2 aromatic rings. The zero-order chi connectivity index (χ0) is 14.6. The van der Waals surface area contributed by atoms with Crippen molar-refractivity contribution in [2.75, 3.05) is 11.9 Å². The maximum Gasteiger partial charge on any atom is 0.315 e. The second-order valence-corrected chi connectivity index (χ2v) is 5.66. The lowest BCUT2D eigenvalue weighted by molar-refractivity contribution is 0.232. The Labute approximate surface area is 118 Å². The number of nitrogens with one attached hydrogen (secondary N) is 1. The molecule has 0 aromatic carbocycles. The maximum absolute atomic E-state index is 5.70. The molecule has 0 aliphatic heterocycles. The number of rotatable bonds is 5. The van der Waals surface area contributed by atoms with E-state index in [1.165, 1.54) is 0 Å². The number of pyridine rings is 1. The van der Waals surface area contributed by atoms with Crippen molar-refractivity contribution >= 4 is 6.01 Å². The topological polar surface area (TPSA) is 73.1 Å². The average Bonchev–Trinajstić information content (AvgIpc) is 2.86. The SMILES string of the molecule is CC(CNc1nnc(C(C)(C)C)o1)Oc1cccnc1. The van der Waals surface area contributed by atoms with E-state index in [4.69, 9.17) is 9.15 Å². The molecule has 0 amide bonds. The summed E-state index contributed by atoms with van der Waals surface area (Å²) in [4.78, 5) is 4.00. The van der Waals surface area contributed by atoms with Crippen LogP contribution in [0.3, 0.4) is 0 Å². The van der Waals surface area contributed by atoms with Gasteiger partial charge in [-0.3, -0.25) is 4.98 Å². The van der Waals surface area contributed by atoms with Crippen LogP contribution in [-0.4, -0.2) is 27.8 Å². The molecule has 108 valence electrons. The minimum Gasteiger partial charge on any atom is -0.487 e. The highest BCUT2D eigenvalue weighted by Crippen LogP contribution is 2.21. The van der Waals surface area contributed by atoms with Gasteiger partial charge >= 0.3 is 6.01 Å². The first-order chi connectivity index (χ1) is 9.45. The van der Waals surface area contributed by atoms with E-state index in [0.717, 1.165) is 5.75 Å². The molecule has 6 nitrogen and oxygen atoms in total. The Kier molecular flexibility index (Phi) is 4.22. The summed E-state index contributed by atoms with van der Waals surface area (Å²) in [5.41, 5.74) is -0.148. The van der Waals surface area contributed by atoms with Crippen molar-refractivity contribution in [3.63, 3.8) is 0 Å². The van der Waals surface area contributed by atoms with E-state index in [9.17, 15) is 0 Å². The predicted octanol–water partition coefficient (Wildman–Crippen LogP) is 2.64. The fourth-order valence-corrected chi connectivity index (χ4v) is 1.52. The average molecular weight is 276 g/mol. The zero-order valence-electron chi connectivity index (χ0n) is 12.3. The van der Waals surface area contributed by atoms with Crippen LogP contribution < -0.4 is 10.1 Å². The smallest absolute Gasteiger partial charge is 0.315 e. The van der Waals surface area contributed by atoms with E-state index >= 15 is 0 Å². The third kappa shape index (κ3) is 3.94. The zero-order valence-corrected chi connectivity index (χ0v) is 12.3. The van der Waals surface area contributed by atoms with Crippen molar-refractivity contribution in [2.45, 2.75) is 39.2 Å². The van der Waals surface area contributed by atoms with Gasteiger partial charge in [-0.25, -0.2) is 0 Å².